The fraction of sp³-hybridized carbons (Fsp3) is 0.143. The molecule has 0 aromatic heterocycles. The predicted molar refractivity (Wildman–Crippen MR) is 49.7 cm³/mol. The van der Waals surface area contributed by atoms with Crippen molar-refractivity contribution in [3.05, 3.63) is 32.5 Å². The first kappa shape index (κ1) is 9.16. The van der Waals surface area contributed by atoms with Crippen molar-refractivity contribution in [2.45, 2.75) is 6.54 Å². The third-order valence-electron chi connectivity index (χ3n) is 1.31. The number of rotatable bonds is 1. The van der Waals surface area contributed by atoms with E-state index in [1.807, 2.05) is 0 Å². The molecule has 0 atom stereocenters. The molecular formula is C7H6Br2FN. The van der Waals surface area contributed by atoms with Crippen molar-refractivity contribution >= 4 is 31.9 Å². The molecule has 0 bridgehead atoms. The Balaban J connectivity index is 3.21. The maximum absolute atomic E-state index is 12.9. The molecule has 0 saturated heterocycles. The van der Waals surface area contributed by atoms with Crippen molar-refractivity contribution in [2.75, 3.05) is 0 Å². The zero-order chi connectivity index (χ0) is 8.43. The summed E-state index contributed by atoms with van der Waals surface area (Å²) < 4.78 is 14.4. The first-order valence-electron chi connectivity index (χ1n) is 2.98. The summed E-state index contributed by atoms with van der Waals surface area (Å²) in [5, 5.41) is 0. The molecule has 0 unspecified atom stereocenters. The maximum atomic E-state index is 12.9. The lowest BCUT2D eigenvalue weighted by molar-refractivity contribution is 0.609. The van der Waals surface area contributed by atoms with Gasteiger partial charge in [0, 0.05) is 21.1 Å². The van der Waals surface area contributed by atoms with Crippen LogP contribution in [-0.2, 0) is 6.54 Å². The van der Waals surface area contributed by atoms with Gasteiger partial charge >= 0.3 is 0 Å². The van der Waals surface area contributed by atoms with Crippen LogP contribution in [-0.4, -0.2) is 0 Å². The third-order valence-corrected chi connectivity index (χ3v) is 3.15. The van der Waals surface area contributed by atoms with E-state index in [2.05, 4.69) is 31.9 Å². The summed E-state index contributed by atoms with van der Waals surface area (Å²) in [7, 11) is 0. The summed E-state index contributed by atoms with van der Waals surface area (Å²) in [6, 6.07) is 3.06. The van der Waals surface area contributed by atoms with Gasteiger partial charge in [0.25, 0.3) is 0 Å². The van der Waals surface area contributed by atoms with Crippen molar-refractivity contribution in [3.63, 3.8) is 0 Å². The first-order valence-corrected chi connectivity index (χ1v) is 4.57. The summed E-state index contributed by atoms with van der Waals surface area (Å²) in [6.45, 7) is 0.220. The molecule has 0 spiro atoms. The van der Waals surface area contributed by atoms with Crippen LogP contribution < -0.4 is 5.73 Å². The lowest BCUT2D eigenvalue weighted by atomic mass is 10.2. The van der Waals surface area contributed by atoms with Gasteiger partial charge < -0.3 is 5.73 Å². The molecule has 0 saturated carbocycles. The van der Waals surface area contributed by atoms with Crippen LogP contribution in [0.25, 0.3) is 0 Å². The van der Waals surface area contributed by atoms with Gasteiger partial charge in [-0.2, -0.15) is 0 Å². The van der Waals surface area contributed by atoms with E-state index >= 15 is 0 Å². The Bertz CT molecular complexity index is 275. The quantitative estimate of drug-likeness (QED) is 0.788. The molecule has 0 amide bonds. The lowest BCUT2D eigenvalue weighted by Gasteiger charge is -2.01. The predicted octanol–water partition coefficient (Wildman–Crippen LogP) is 2.81. The van der Waals surface area contributed by atoms with Gasteiger partial charge in [-0.3, -0.25) is 0 Å². The van der Waals surface area contributed by atoms with Crippen molar-refractivity contribution < 1.29 is 4.39 Å². The molecule has 11 heavy (non-hydrogen) atoms. The number of nitrogens with two attached hydrogens (primary N) is 1. The first-order chi connectivity index (χ1) is 5.15. The van der Waals surface area contributed by atoms with Gasteiger partial charge in [0.05, 0.1) is 0 Å². The molecule has 0 fully saturated rings. The second-order valence-electron chi connectivity index (χ2n) is 2.06. The number of hydrogen-bond donors (Lipinski definition) is 1. The van der Waals surface area contributed by atoms with Crippen LogP contribution in [0.4, 0.5) is 4.39 Å². The Hall–Kier alpha value is 0.0700. The molecule has 60 valence electrons. The highest BCUT2D eigenvalue weighted by Crippen LogP contribution is 2.25. The molecule has 0 aliphatic carbocycles. The average molecular weight is 283 g/mol. The van der Waals surface area contributed by atoms with E-state index in [1.54, 1.807) is 6.07 Å². The molecule has 0 aliphatic rings. The number of benzene rings is 1. The van der Waals surface area contributed by atoms with Gasteiger partial charge in [0.2, 0.25) is 0 Å². The summed E-state index contributed by atoms with van der Waals surface area (Å²) in [6.07, 6.45) is 0. The Morgan fingerprint density at radius 3 is 2.36 bits per heavy atom. The topological polar surface area (TPSA) is 26.0 Å². The highest BCUT2D eigenvalue weighted by atomic mass is 79.9. The Morgan fingerprint density at radius 2 is 1.82 bits per heavy atom. The summed E-state index contributed by atoms with van der Waals surface area (Å²) in [5.74, 6) is -0.275. The van der Waals surface area contributed by atoms with Gasteiger partial charge in [-0.05, 0) is 44.0 Å². The summed E-state index contributed by atoms with van der Waals surface area (Å²) in [4.78, 5) is 0. The van der Waals surface area contributed by atoms with Gasteiger partial charge in [0.1, 0.15) is 5.82 Å². The second kappa shape index (κ2) is 3.65. The van der Waals surface area contributed by atoms with Crippen LogP contribution >= 0.6 is 31.9 Å². The smallest absolute Gasteiger partial charge is 0.128 e. The van der Waals surface area contributed by atoms with Gasteiger partial charge in [0.15, 0.2) is 0 Å². The van der Waals surface area contributed by atoms with Crippen LogP contribution in [0.2, 0.25) is 0 Å². The van der Waals surface area contributed by atoms with Crippen LogP contribution in [0.1, 0.15) is 5.56 Å². The van der Waals surface area contributed by atoms with E-state index in [1.165, 1.54) is 6.07 Å². The van der Waals surface area contributed by atoms with E-state index in [4.69, 9.17) is 5.73 Å². The summed E-state index contributed by atoms with van der Waals surface area (Å²) >= 11 is 6.43. The van der Waals surface area contributed by atoms with Gasteiger partial charge in [-0.25, -0.2) is 4.39 Å². The zero-order valence-electron chi connectivity index (χ0n) is 5.57. The summed E-state index contributed by atoms with van der Waals surface area (Å²) in [5.41, 5.74) is 5.81. The minimum atomic E-state index is -0.275. The molecule has 1 rings (SSSR count). The fourth-order valence-electron chi connectivity index (χ4n) is 0.720. The van der Waals surface area contributed by atoms with Crippen molar-refractivity contribution in [3.8, 4) is 0 Å². The van der Waals surface area contributed by atoms with E-state index in [0.717, 1.165) is 4.47 Å². The van der Waals surface area contributed by atoms with E-state index in [0.29, 0.717) is 10.0 Å². The molecular weight excluding hydrogens is 277 g/mol. The lowest BCUT2D eigenvalue weighted by Crippen LogP contribution is -1.99. The molecule has 4 heteroatoms. The van der Waals surface area contributed by atoms with Crippen molar-refractivity contribution in [2.24, 2.45) is 5.73 Å². The second-order valence-corrected chi connectivity index (χ2v) is 3.77. The zero-order valence-corrected chi connectivity index (χ0v) is 8.75. The molecule has 1 aromatic rings. The normalized spacial score (nSPS) is 10.2. The minimum Gasteiger partial charge on any atom is -0.326 e. The van der Waals surface area contributed by atoms with E-state index in [9.17, 15) is 4.39 Å². The monoisotopic (exact) mass is 281 g/mol. The molecule has 0 aliphatic heterocycles. The van der Waals surface area contributed by atoms with E-state index in [-0.39, 0.29) is 12.4 Å². The van der Waals surface area contributed by atoms with Crippen LogP contribution in [0.3, 0.4) is 0 Å². The highest BCUT2D eigenvalue weighted by Gasteiger charge is 2.04. The third kappa shape index (κ3) is 2.01. The Morgan fingerprint density at radius 1 is 1.27 bits per heavy atom. The van der Waals surface area contributed by atoms with Crippen molar-refractivity contribution in [1.82, 2.24) is 0 Å². The Kier molecular flexibility index (Phi) is 3.04. The van der Waals surface area contributed by atoms with Gasteiger partial charge in [-0.1, -0.05) is 0 Å². The minimum absolute atomic E-state index is 0.220. The maximum Gasteiger partial charge on any atom is 0.128 e. The molecule has 2 N–H and O–H groups in total. The largest absolute Gasteiger partial charge is 0.326 e. The SMILES string of the molecule is NCc1cc(Br)c(Br)cc1F. The molecule has 0 radical (unpaired) electrons. The standard InChI is InChI=1S/C7H6Br2FN/c8-5-1-4(3-11)7(10)2-6(5)9/h1-2H,3,11H2. The molecule has 0 heterocycles. The van der Waals surface area contributed by atoms with Crippen LogP contribution in [0, 0.1) is 5.82 Å². The van der Waals surface area contributed by atoms with Gasteiger partial charge in [-0.15, -0.1) is 0 Å². The molecule has 1 aromatic carbocycles. The number of halogens is 3. The average Bonchev–Trinajstić information content (AvgIpc) is 1.97. The number of hydrogen-bond acceptors (Lipinski definition) is 1. The van der Waals surface area contributed by atoms with Crippen LogP contribution in [0.5, 0.6) is 0 Å². The highest BCUT2D eigenvalue weighted by molar-refractivity contribution is 9.13. The molecule has 1 nitrogen and oxygen atoms in total. The fourth-order valence-corrected chi connectivity index (χ4v) is 1.43. The van der Waals surface area contributed by atoms with E-state index < -0.39 is 0 Å². The van der Waals surface area contributed by atoms with Crippen LogP contribution in [0.15, 0.2) is 21.1 Å². The Labute approximate surface area is 81.0 Å². The van der Waals surface area contributed by atoms with Crippen molar-refractivity contribution in [1.29, 1.82) is 0 Å².